The summed E-state index contributed by atoms with van der Waals surface area (Å²) >= 11 is 0. The number of nitrogens with one attached hydrogen (secondary N) is 1. The van der Waals surface area contributed by atoms with Crippen LogP contribution in [0.2, 0.25) is 0 Å². The van der Waals surface area contributed by atoms with E-state index in [4.69, 9.17) is 18.9 Å². The lowest BCUT2D eigenvalue weighted by Crippen LogP contribution is -2.28. The smallest absolute Gasteiger partial charge is 0.258 e. The molecule has 2 aromatic rings. The Hall–Kier alpha value is -2.89. The Bertz CT molecular complexity index is 744. The highest BCUT2D eigenvalue weighted by Gasteiger charge is 2.13. The lowest BCUT2D eigenvalue weighted by atomic mass is 10.2. The zero-order valence-corrected chi connectivity index (χ0v) is 13.6. The first kappa shape index (κ1) is 16.0. The fourth-order valence-corrected chi connectivity index (χ4v) is 2.34. The molecule has 0 saturated heterocycles. The van der Waals surface area contributed by atoms with E-state index < -0.39 is 0 Å². The van der Waals surface area contributed by atoms with E-state index in [0.717, 1.165) is 16.9 Å². The summed E-state index contributed by atoms with van der Waals surface area (Å²) in [6.45, 7) is 2.51. The van der Waals surface area contributed by atoms with Gasteiger partial charge in [-0.25, -0.2) is 0 Å². The topological polar surface area (TPSA) is 66.0 Å². The minimum Gasteiger partial charge on any atom is -0.493 e. The van der Waals surface area contributed by atoms with E-state index in [0.29, 0.717) is 23.8 Å². The van der Waals surface area contributed by atoms with Crippen LogP contribution in [0.25, 0.3) is 0 Å². The molecule has 6 nitrogen and oxygen atoms in total. The van der Waals surface area contributed by atoms with Crippen molar-refractivity contribution in [2.75, 3.05) is 20.5 Å². The van der Waals surface area contributed by atoms with E-state index in [2.05, 4.69) is 5.32 Å². The van der Waals surface area contributed by atoms with E-state index in [1.165, 1.54) is 0 Å². The fourth-order valence-electron chi connectivity index (χ4n) is 2.34. The number of hydrogen-bond donors (Lipinski definition) is 1. The van der Waals surface area contributed by atoms with Gasteiger partial charge in [0.05, 0.1) is 7.11 Å². The largest absolute Gasteiger partial charge is 0.493 e. The third kappa shape index (κ3) is 3.71. The fraction of sp³-hybridized carbons (Fsp3) is 0.278. The number of amides is 1. The average Bonchev–Trinajstić information content (AvgIpc) is 3.06. The van der Waals surface area contributed by atoms with Crippen molar-refractivity contribution in [3.05, 3.63) is 47.5 Å². The first-order valence-corrected chi connectivity index (χ1v) is 7.58. The molecular weight excluding hydrogens is 310 g/mol. The van der Waals surface area contributed by atoms with Crippen molar-refractivity contribution in [2.24, 2.45) is 0 Å². The Morgan fingerprint density at radius 2 is 1.96 bits per heavy atom. The molecular formula is C18H19NO5. The van der Waals surface area contributed by atoms with E-state index in [9.17, 15) is 4.79 Å². The number of carbonyl (C=O) groups excluding carboxylic acids is 1. The number of fused-ring (bicyclic) bond motifs is 1. The van der Waals surface area contributed by atoms with Crippen molar-refractivity contribution < 1.29 is 23.7 Å². The summed E-state index contributed by atoms with van der Waals surface area (Å²) in [5.41, 5.74) is 1.99. The number of hydrogen-bond acceptors (Lipinski definition) is 5. The van der Waals surface area contributed by atoms with Gasteiger partial charge in [0.25, 0.3) is 5.91 Å². The Kier molecular flexibility index (Phi) is 4.74. The maximum absolute atomic E-state index is 12.0. The van der Waals surface area contributed by atoms with Crippen molar-refractivity contribution in [3.63, 3.8) is 0 Å². The van der Waals surface area contributed by atoms with Crippen LogP contribution >= 0.6 is 0 Å². The van der Waals surface area contributed by atoms with Crippen LogP contribution in [0.3, 0.4) is 0 Å². The average molecular weight is 329 g/mol. The SMILES string of the molecule is COc1cc(C)ccc1OCC(=O)NCc1ccc2c(c1)OCO2. The first-order valence-electron chi connectivity index (χ1n) is 7.58. The van der Waals surface area contributed by atoms with Crippen LogP contribution in [-0.2, 0) is 11.3 Å². The van der Waals surface area contributed by atoms with Crippen LogP contribution in [0.4, 0.5) is 0 Å². The first-order chi connectivity index (χ1) is 11.7. The Morgan fingerprint density at radius 3 is 2.79 bits per heavy atom. The second-order valence-electron chi connectivity index (χ2n) is 5.41. The van der Waals surface area contributed by atoms with E-state index >= 15 is 0 Å². The maximum atomic E-state index is 12.0. The highest BCUT2D eigenvalue weighted by atomic mass is 16.7. The molecule has 0 unspecified atom stereocenters. The minimum absolute atomic E-state index is 0.0794. The molecule has 6 heteroatoms. The number of ether oxygens (including phenoxy) is 4. The van der Waals surface area contributed by atoms with Gasteiger partial charge in [0.2, 0.25) is 6.79 Å². The molecule has 0 fully saturated rings. The molecule has 1 aliphatic heterocycles. The lowest BCUT2D eigenvalue weighted by molar-refractivity contribution is -0.123. The minimum atomic E-state index is -0.213. The lowest BCUT2D eigenvalue weighted by Gasteiger charge is -2.11. The molecule has 0 spiro atoms. The van der Waals surface area contributed by atoms with Gasteiger partial charge in [-0.05, 0) is 42.3 Å². The summed E-state index contributed by atoms with van der Waals surface area (Å²) in [5, 5.41) is 2.81. The Labute approximate surface area is 140 Å². The molecule has 0 saturated carbocycles. The monoisotopic (exact) mass is 329 g/mol. The number of methoxy groups -OCH3 is 1. The van der Waals surface area contributed by atoms with Gasteiger partial charge in [-0.2, -0.15) is 0 Å². The van der Waals surface area contributed by atoms with Crippen molar-refractivity contribution in [3.8, 4) is 23.0 Å². The molecule has 2 aromatic carbocycles. The van der Waals surface area contributed by atoms with Gasteiger partial charge in [-0.1, -0.05) is 12.1 Å². The van der Waals surface area contributed by atoms with Crippen LogP contribution in [0.5, 0.6) is 23.0 Å². The normalized spacial score (nSPS) is 11.9. The second-order valence-corrected chi connectivity index (χ2v) is 5.41. The van der Waals surface area contributed by atoms with Gasteiger partial charge in [0, 0.05) is 6.54 Å². The summed E-state index contributed by atoms with van der Waals surface area (Å²) in [5.74, 6) is 2.36. The highest BCUT2D eigenvalue weighted by Crippen LogP contribution is 2.32. The third-order valence-electron chi connectivity index (χ3n) is 3.60. The van der Waals surface area contributed by atoms with Crippen LogP contribution < -0.4 is 24.3 Å². The summed E-state index contributed by atoms with van der Waals surface area (Å²) < 4.78 is 21.3. The van der Waals surface area contributed by atoms with Crippen molar-refractivity contribution >= 4 is 5.91 Å². The van der Waals surface area contributed by atoms with Crippen LogP contribution in [0, 0.1) is 6.92 Å². The number of carbonyl (C=O) groups is 1. The molecule has 3 rings (SSSR count). The number of rotatable bonds is 6. The van der Waals surface area contributed by atoms with Crippen molar-refractivity contribution in [1.29, 1.82) is 0 Å². The maximum Gasteiger partial charge on any atom is 0.258 e. The number of aryl methyl sites for hydroxylation is 1. The van der Waals surface area contributed by atoms with Crippen molar-refractivity contribution in [1.82, 2.24) is 5.32 Å². The van der Waals surface area contributed by atoms with Gasteiger partial charge in [-0.15, -0.1) is 0 Å². The summed E-state index contributed by atoms with van der Waals surface area (Å²) in [6, 6.07) is 11.1. The summed E-state index contributed by atoms with van der Waals surface area (Å²) in [6.07, 6.45) is 0. The van der Waals surface area contributed by atoms with Gasteiger partial charge < -0.3 is 24.3 Å². The van der Waals surface area contributed by atoms with Crippen LogP contribution in [-0.4, -0.2) is 26.4 Å². The quantitative estimate of drug-likeness (QED) is 0.882. The Balaban J connectivity index is 1.51. The second kappa shape index (κ2) is 7.12. The molecule has 1 amide bonds. The molecule has 126 valence electrons. The Morgan fingerprint density at radius 1 is 1.12 bits per heavy atom. The summed E-state index contributed by atoms with van der Waals surface area (Å²) in [4.78, 5) is 12.0. The molecule has 24 heavy (non-hydrogen) atoms. The molecule has 1 N–H and O–H groups in total. The summed E-state index contributed by atoms with van der Waals surface area (Å²) in [7, 11) is 1.57. The van der Waals surface area contributed by atoms with Gasteiger partial charge >= 0.3 is 0 Å². The van der Waals surface area contributed by atoms with Crippen LogP contribution in [0.1, 0.15) is 11.1 Å². The molecule has 1 heterocycles. The number of benzene rings is 2. The van der Waals surface area contributed by atoms with E-state index in [1.54, 1.807) is 13.2 Å². The van der Waals surface area contributed by atoms with Crippen LogP contribution in [0.15, 0.2) is 36.4 Å². The zero-order valence-electron chi connectivity index (χ0n) is 13.6. The molecule has 1 aliphatic rings. The van der Waals surface area contributed by atoms with Crippen molar-refractivity contribution in [2.45, 2.75) is 13.5 Å². The molecule has 0 aliphatic carbocycles. The molecule has 0 aromatic heterocycles. The predicted octanol–water partition coefficient (Wildman–Crippen LogP) is 2.43. The van der Waals surface area contributed by atoms with E-state index in [-0.39, 0.29) is 19.3 Å². The third-order valence-corrected chi connectivity index (χ3v) is 3.60. The molecule has 0 atom stereocenters. The van der Waals surface area contributed by atoms with Gasteiger partial charge in [0.15, 0.2) is 29.6 Å². The predicted molar refractivity (Wildman–Crippen MR) is 87.6 cm³/mol. The van der Waals surface area contributed by atoms with Gasteiger partial charge in [0.1, 0.15) is 0 Å². The molecule has 0 bridgehead atoms. The van der Waals surface area contributed by atoms with E-state index in [1.807, 2.05) is 37.3 Å². The highest BCUT2D eigenvalue weighted by molar-refractivity contribution is 5.77. The zero-order chi connectivity index (χ0) is 16.9. The standard InChI is InChI=1S/C18H19NO5/c1-12-3-5-14(16(7-12)21-2)22-10-18(20)19-9-13-4-6-15-17(8-13)24-11-23-15/h3-8H,9-11H2,1-2H3,(H,19,20). The molecule has 0 radical (unpaired) electrons. The van der Waals surface area contributed by atoms with Gasteiger partial charge in [-0.3, -0.25) is 4.79 Å².